The first kappa shape index (κ1) is 47.6. The Bertz CT molecular complexity index is 3160. The summed E-state index contributed by atoms with van der Waals surface area (Å²) in [6, 6.07) is 17.2. The molecule has 0 bridgehead atoms. The molecular weight excluding hydrogens is 853 g/mol. The van der Waals surface area contributed by atoms with Crippen LogP contribution in [-0.4, -0.2) is 37.8 Å². The lowest BCUT2D eigenvalue weighted by atomic mass is 9.91. The van der Waals surface area contributed by atoms with Crippen LogP contribution in [0, 0.1) is 52.4 Å². The molecule has 0 spiro atoms. The summed E-state index contributed by atoms with van der Waals surface area (Å²) in [5.74, 6) is -0.239. The van der Waals surface area contributed by atoms with Crippen LogP contribution in [0.3, 0.4) is 0 Å². The summed E-state index contributed by atoms with van der Waals surface area (Å²) in [6.45, 7) is 23.1. The van der Waals surface area contributed by atoms with Crippen molar-refractivity contribution in [3.05, 3.63) is 105 Å². The van der Waals surface area contributed by atoms with Crippen LogP contribution in [-0.2, 0) is 29.8 Å². The van der Waals surface area contributed by atoms with Gasteiger partial charge < -0.3 is 20.4 Å². The van der Waals surface area contributed by atoms with Crippen molar-refractivity contribution < 1.29 is 39.9 Å². The van der Waals surface area contributed by atoms with Gasteiger partial charge in [-0.1, -0.05) is 71.9 Å². The fourth-order valence-corrected chi connectivity index (χ4v) is 9.51. The molecule has 0 radical (unpaired) electrons. The van der Waals surface area contributed by atoms with Crippen molar-refractivity contribution in [1.29, 1.82) is 0 Å². The average Bonchev–Trinajstić information content (AvgIpc) is 3.15. The van der Waals surface area contributed by atoms with E-state index in [2.05, 4.69) is 16.0 Å². The van der Waals surface area contributed by atoms with Gasteiger partial charge >= 0.3 is 0 Å². The number of rotatable bonds is 10. The maximum Gasteiger partial charge on any atom is 0.296 e. The number of amides is 2. The fraction of sp³-hybridized carbons (Fsp3) is 0.327. The number of aryl methyl sites for hydroxylation is 4. The van der Waals surface area contributed by atoms with E-state index in [9.17, 15) is 35.5 Å². The van der Waals surface area contributed by atoms with E-state index in [4.69, 9.17) is 9.41 Å². The van der Waals surface area contributed by atoms with Crippen LogP contribution in [0.25, 0.3) is 33.4 Å². The summed E-state index contributed by atoms with van der Waals surface area (Å²) >= 11 is 0. The third-order valence-corrected chi connectivity index (χ3v) is 12.6. The quantitative estimate of drug-likeness (QED) is 0.0649. The molecule has 0 atom stereocenters. The molecule has 0 saturated carbocycles. The van der Waals surface area contributed by atoms with Crippen LogP contribution in [0.15, 0.2) is 85.9 Å². The number of hydrogen-bond donors (Lipinski definition) is 5. The van der Waals surface area contributed by atoms with Gasteiger partial charge in [0.2, 0.25) is 11.8 Å². The van der Waals surface area contributed by atoms with E-state index in [0.29, 0.717) is 45.7 Å². The van der Waals surface area contributed by atoms with Gasteiger partial charge in [-0.05, 0) is 110 Å². The molecule has 0 aromatic heterocycles. The Balaban J connectivity index is 1.62. The normalized spacial score (nSPS) is 12.8. The first-order valence-electron chi connectivity index (χ1n) is 20.7. The molecule has 64 heavy (non-hydrogen) atoms. The minimum atomic E-state index is -5.00. The van der Waals surface area contributed by atoms with Crippen LogP contribution in [0.5, 0.6) is 0 Å². The van der Waals surface area contributed by atoms with Gasteiger partial charge in [0.15, 0.2) is 0 Å². The third kappa shape index (κ3) is 10.4. The average molecular weight is 909 g/mol. The van der Waals surface area contributed by atoms with E-state index < -0.39 is 30.0 Å². The molecule has 1 aliphatic heterocycles. The number of nitrogens with zero attached hydrogens (tertiary/aromatic N) is 1. The van der Waals surface area contributed by atoms with Gasteiger partial charge in [0, 0.05) is 69.8 Å². The second-order valence-electron chi connectivity index (χ2n) is 19.0. The predicted molar refractivity (Wildman–Crippen MR) is 253 cm³/mol. The van der Waals surface area contributed by atoms with Crippen molar-refractivity contribution in [3.8, 4) is 22.5 Å². The zero-order chi connectivity index (χ0) is 47.4. The van der Waals surface area contributed by atoms with Crippen LogP contribution in [0.2, 0.25) is 0 Å². The van der Waals surface area contributed by atoms with E-state index in [1.165, 1.54) is 30.3 Å². The molecule has 1 heterocycles. The lowest BCUT2D eigenvalue weighted by Gasteiger charge is -2.22. The second-order valence-corrected chi connectivity index (χ2v) is 21.8. The Morgan fingerprint density at radius 2 is 1.16 bits per heavy atom. The molecular formula is C49H56N4O9S2. The number of hydrogen-bond acceptors (Lipinski definition) is 9. The SMILES string of the molecule is Cc1cc(C)c(NC(=O)CC(C)(C)C)c(C)c1N=c1cc2oc3cc(Nc4c(C)cc(C)c(NC(=O)CC(C)(C)C)c4C)ccc3c(-c3ccccc3S(=O)(=O)O)c-2cc1S(=O)(=O)O. The number of anilines is 4. The highest BCUT2D eigenvalue weighted by molar-refractivity contribution is 7.86. The van der Waals surface area contributed by atoms with Gasteiger partial charge in [0.1, 0.15) is 21.1 Å². The minimum absolute atomic E-state index is 0.0456. The Hall–Kier alpha value is -5.87. The highest BCUT2D eigenvalue weighted by Crippen LogP contribution is 2.44. The van der Waals surface area contributed by atoms with Crippen molar-refractivity contribution in [1.82, 2.24) is 0 Å². The molecule has 15 heteroatoms. The third-order valence-electron chi connectivity index (χ3n) is 10.8. The molecule has 0 saturated heterocycles. The summed E-state index contributed by atoms with van der Waals surface area (Å²) in [5.41, 5.74) is 7.57. The maximum absolute atomic E-state index is 13.3. The zero-order valence-corrected chi connectivity index (χ0v) is 39.9. The van der Waals surface area contributed by atoms with Crippen molar-refractivity contribution in [2.45, 2.75) is 106 Å². The summed E-state index contributed by atoms with van der Waals surface area (Å²) in [7, 11) is -9.82. The largest absolute Gasteiger partial charge is 0.456 e. The van der Waals surface area contributed by atoms with Crippen LogP contribution in [0.1, 0.15) is 87.8 Å². The first-order valence-corrected chi connectivity index (χ1v) is 23.6. The van der Waals surface area contributed by atoms with Crippen molar-refractivity contribution in [3.63, 3.8) is 0 Å². The van der Waals surface area contributed by atoms with Crippen molar-refractivity contribution in [2.75, 3.05) is 16.0 Å². The Kier molecular flexibility index (Phi) is 12.8. The number of benzene rings is 5. The van der Waals surface area contributed by atoms with Crippen LogP contribution in [0.4, 0.5) is 28.4 Å². The first-order chi connectivity index (χ1) is 29.5. The number of fused-ring (bicyclic) bond motifs is 2. The predicted octanol–water partition coefficient (Wildman–Crippen LogP) is 11.3. The Labute approximate surface area is 375 Å². The molecule has 1 aliphatic carbocycles. The molecule has 2 aliphatic rings. The number of nitrogens with one attached hydrogen (secondary N) is 3. The molecule has 2 amide bonds. The molecule has 13 nitrogen and oxygen atoms in total. The van der Waals surface area contributed by atoms with E-state index in [1.54, 1.807) is 38.1 Å². The van der Waals surface area contributed by atoms with Gasteiger partial charge in [-0.15, -0.1) is 0 Å². The number of carbonyl (C=O) groups excluding carboxylic acids is 2. The molecule has 4 aromatic carbocycles. The van der Waals surface area contributed by atoms with Crippen molar-refractivity contribution >= 4 is 71.5 Å². The van der Waals surface area contributed by atoms with Gasteiger partial charge in [-0.3, -0.25) is 18.7 Å². The summed E-state index contributed by atoms with van der Waals surface area (Å²) < 4.78 is 80.0. The molecule has 338 valence electrons. The highest BCUT2D eigenvalue weighted by Gasteiger charge is 2.28. The standard InChI is InChI=1S/C49H56N4O9S2/c1-26-19-28(3)46(52-41(54)24-48(7,8)9)30(5)44(26)50-32-17-18-33-37(21-32)62-38-23-36(51-45-27(2)20-29(4)47(31(45)6)53-42(55)25-49(10,11)12)40(64(59,60)61)22-35(38)43(33)34-15-13-14-16-39(34)63(56,57)58/h13-23,50H,24-25H2,1-12H3,(H,52,54)(H,53,55)(H,56,57,58)(H,59,60,61). The lowest BCUT2D eigenvalue weighted by molar-refractivity contribution is -0.118. The Morgan fingerprint density at radius 1 is 0.625 bits per heavy atom. The van der Waals surface area contributed by atoms with Crippen LogP contribution >= 0.6 is 0 Å². The Morgan fingerprint density at radius 3 is 1.72 bits per heavy atom. The fourth-order valence-electron chi connectivity index (χ4n) is 8.17. The summed E-state index contributed by atoms with van der Waals surface area (Å²) in [4.78, 5) is 29.9. The molecule has 0 unspecified atom stereocenters. The second kappa shape index (κ2) is 17.3. The molecule has 0 fully saturated rings. The van der Waals surface area contributed by atoms with E-state index >= 15 is 0 Å². The number of carbonyl (C=O) groups is 2. The zero-order valence-electron chi connectivity index (χ0n) is 38.3. The maximum atomic E-state index is 13.3. The highest BCUT2D eigenvalue weighted by atomic mass is 32.2. The van der Waals surface area contributed by atoms with Gasteiger partial charge in [0.05, 0.1) is 11.0 Å². The van der Waals surface area contributed by atoms with E-state index in [0.717, 1.165) is 27.9 Å². The molecule has 5 N–H and O–H groups in total. The summed E-state index contributed by atoms with van der Waals surface area (Å²) in [6.07, 6.45) is 0.578. The van der Waals surface area contributed by atoms with E-state index in [-0.39, 0.29) is 62.5 Å². The van der Waals surface area contributed by atoms with Crippen LogP contribution < -0.4 is 21.3 Å². The smallest absolute Gasteiger partial charge is 0.296 e. The van der Waals surface area contributed by atoms with Gasteiger partial charge in [0.25, 0.3) is 20.2 Å². The van der Waals surface area contributed by atoms with Crippen molar-refractivity contribution in [2.24, 2.45) is 15.8 Å². The monoisotopic (exact) mass is 908 g/mol. The lowest BCUT2D eigenvalue weighted by Crippen LogP contribution is -2.21. The summed E-state index contributed by atoms with van der Waals surface area (Å²) in [5, 5.41) is 9.74. The molecule has 6 rings (SSSR count). The minimum Gasteiger partial charge on any atom is -0.456 e. The molecule has 4 aromatic rings. The van der Waals surface area contributed by atoms with Gasteiger partial charge in [-0.25, -0.2) is 4.99 Å². The van der Waals surface area contributed by atoms with E-state index in [1.807, 2.05) is 81.4 Å². The van der Waals surface area contributed by atoms with Gasteiger partial charge in [-0.2, -0.15) is 16.8 Å². The topological polar surface area (TPSA) is 204 Å².